The Kier molecular flexibility index (Phi) is 3.77. The first kappa shape index (κ1) is 13.9. The molecule has 3 N–H and O–H groups in total. The Balaban J connectivity index is 1.95. The third-order valence-electron chi connectivity index (χ3n) is 3.16. The van der Waals surface area contributed by atoms with Gasteiger partial charge in [0.2, 0.25) is 0 Å². The molecule has 2 heterocycles. The molecule has 1 saturated heterocycles. The van der Waals surface area contributed by atoms with Crippen molar-refractivity contribution in [3.63, 3.8) is 0 Å². The number of rotatable bonds is 4. The molecule has 7 heteroatoms. The normalized spacial score (nSPS) is 28.4. The van der Waals surface area contributed by atoms with Gasteiger partial charge < -0.3 is 11.1 Å². The Bertz CT molecular complexity index is 524. The molecule has 1 aliphatic rings. The number of hydrogen-bond acceptors (Lipinski definition) is 6. The van der Waals surface area contributed by atoms with Crippen LogP contribution >= 0.6 is 11.3 Å². The first-order chi connectivity index (χ1) is 8.30. The summed E-state index contributed by atoms with van der Waals surface area (Å²) in [5, 5.41) is 6.19. The second kappa shape index (κ2) is 4.88. The topological polar surface area (TPSA) is 85.1 Å². The number of hydrogen-bond donors (Lipinski definition) is 2. The molecule has 0 saturated carbocycles. The van der Waals surface area contributed by atoms with Crippen molar-refractivity contribution in [2.75, 3.05) is 11.5 Å². The van der Waals surface area contributed by atoms with Crippen LogP contribution in [0.5, 0.6) is 0 Å². The molecule has 18 heavy (non-hydrogen) atoms. The predicted octanol–water partition coefficient (Wildman–Crippen LogP) is 0.830. The predicted molar refractivity (Wildman–Crippen MR) is 73.2 cm³/mol. The molecule has 0 radical (unpaired) electrons. The van der Waals surface area contributed by atoms with E-state index in [1.165, 1.54) is 0 Å². The summed E-state index contributed by atoms with van der Waals surface area (Å²) in [5.41, 5.74) is 6.36. The van der Waals surface area contributed by atoms with Gasteiger partial charge in [0.15, 0.2) is 9.84 Å². The third kappa shape index (κ3) is 3.28. The Morgan fingerprint density at radius 1 is 1.67 bits per heavy atom. The summed E-state index contributed by atoms with van der Waals surface area (Å²) < 4.78 is 23.0. The van der Waals surface area contributed by atoms with Gasteiger partial charge in [-0.2, -0.15) is 0 Å². The molecule has 1 aromatic rings. The van der Waals surface area contributed by atoms with Gasteiger partial charge in [0, 0.05) is 17.5 Å². The molecule has 1 aliphatic heterocycles. The zero-order valence-corrected chi connectivity index (χ0v) is 12.3. The molecular weight excluding hydrogens is 270 g/mol. The van der Waals surface area contributed by atoms with Crippen molar-refractivity contribution in [1.29, 1.82) is 0 Å². The highest BCUT2D eigenvalue weighted by Crippen LogP contribution is 2.23. The summed E-state index contributed by atoms with van der Waals surface area (Å²) in [6.45, 7) is 4.45. The number of nitrogens with two attached hydrogens (primary N) is 1. The molecule has 0 amide bonds. The van der Waals surface area contributed by atoms with Crippen LogP contribution in [-0.4, -0.2) is 30.4 Å². The summed E-state index contributed by atoms with van der Waals surface area (Å²) in [6.07, 6.45) is 0.666. The lowest BCUT2D eigenvalue weighted by atomic mass is 10.0. The molecule has 1 fully saturated rings. The molecule has 102 valence electrons. The van der Waals surface area contributed by atoms with Crippen molar-refractivity contribution < 1.29 is 8.42 Å². The van der Waals surface area contributed by atoms with Gasteiger partial charge in [-0.1, -0.05) is 0 Å². The summed E-state index contributed by atoms with van der Waals surface area (Å²) in [7, 11) is -2.87. The van der Waals surface area contributed by atoms with Crippen LogP contribution in [0.2, 0.25) is 0 Å². The van der Waals surface area contributed by atoms with Crippen LogP contribution < -0.4 is 11.1 Å². The summed E-state index contributed by atoms with van der Waals surface area (Å²) in [6, 6.07) is -0.0498. The third-order valence-corrected chi connectivity index (χ3v) is 6.16. The molecule has 2 rings (SSSR count). The fourth-order valence-corrected chi connectivity index (χ4v) is 4.97. The molecule has 1 aromatic heterocycles. The van der Waals surface area contributed by atoms with Crippen LogP contribution in [0.1, 0.15) is 37.0 Å². The van der Waals surface area contributed by atoms with Crippen LogP contribution in [-0.2, 0) is 16.4 Å². The largest absolute Gasteiger partial charge is 0.322 e. The van der Waals surface area contributed by atoms with E-state index < -0.39 is 9.84 Å². The van der Waals surface area contributed by atoms with Gasteiger partial charge >= 0.3 is 0 Å². The van der Waals surface area contributed by atoms with Crippen LogP contribution in [0.15, 0.2) is 5.38 Å². The van der Waals surface area contributed by atoms with Crippen molar-refractivity contribution in [2.45, 2.75) is 38.4 Å². The first-order valence-corrected chi connectivity index (χ1v) is 8.65. The van der Waals surface area contributed by atoms with E-state index in [1.54, 1.807) is 11.3 Å². The number of aromatic nitrogens is 1. The highest BCUT2D eigenvalue weighted by atomic mass is 32.2. The van der Waals surface area contributed by atoms with Gasteiger partial charge in [-0.05, 0) is 20.3 Å². The van der Waals surface area contributed by atoms with Crippen LogP contribution in [0, 0.1) is 0 Å². The Morgan fingerprint density at radius 2 is 2.39 bits per heavy atom. The number of sulfone groups is 1. The molecule has 0 aromatic carbocycles. The maximum Gasteiger partial charge on any atom is 0.152 e. The minimum atomic E-state index is -2.87. The second-order valence-electron chi connectivity index (χ2n) is 5.22. The molecular formula is C11H19N3O2S2. The summed E-state index contributed by atoms with van der Waals surface area (Å²) in [5.74, 6) is 0.489. The van der Waals surface area contributed by atoms with E-state index in [2.05, 4.69) is 10.3 Å². The van der Waals surface area contributed by atoms with E-state index in [0.29, 0.717) is 13.0 Å². The highest BCUT2D eigenvalue weighted by Gasteiger charge is 2.37. The lowest BCUT2D eigenvalue weighted by Crippen LogP contribution is -2.42. The van der Waals surface area contributed by atoms with Crippen molar-refractivity contribution in [3.05, 3.63) is 16.1 Å². The quantitative estimate of drug-likeness (QED) is 0.857. The maximum absolute atomic E-state index is 11.5. The fourth-order valence-electron chi connectivity index (χ4n) is 2.07. The van der Waals surface area contributed by atoms with Gasteiger partial charge in [0.05, 0.1) is 23.2 Å². The lowest BCUT2D eigenvalue weighted by Gasteiger charge is -2.23. The van der Waals surface area contributed by atoms with Crippen molar-refractivity contribution >= 4 is 21.2 Å². The molecule has 2 unspecified atom stereocenters. The molecule has 0 aliphatic carbocycles. The Morgan fingerprint density at radius 3 is 2.89 bits per heavy atom. The van der Waals surface area contributed by atoms with Gasteiger partial charge in [-0.25, -0.2) is 13.4 Å². The second-order valence-corrected chi connectivity index (χ2v) is 8.30. The standard InChI is InChI=1S/C11H19N3O2S2/c1-8(12)10-14-9(6-17-10)5-13-11(2)3-4-18(15,16)7-11/h6,8,13H,3-5,7,12H2,1-2H3. The molecule has 0 bridgehead atoms. The number of nitrogens with zero attached hydrogens (tertiary/aromatic N) is 1. The molecule has 0 spiro atoms. The SMILES string of the molecule is CC(N)c1nc(CNC2(C)CCS(=O)(=O)C2)cs1. The molecule has 5 nitrogen and oxygen atoms in total. The van der Waals surface area contributed by atoms with Crippen LogP contribution in [0.25, 0.3) is 0 Å². The van der Waals surface area contributed by atoms with Gasteiger partial charge in [0.25, 0.3) is 0 Å². The van der Waals surface area contributed by atoms with E-state index in [4.69, 9.17) is 5.73 Å². The minimum absolute atomic E-state index is 0.0498. The van der Waals surface area contributed by atoms with Crippen LogP contribution in [0.4, 0.5) is 0 Å². The first-order valence-electron chi connectivity index (χ1n) is 5.95. The monoisotopic (exact) mass is 289 g/mol. The lowest BCUT2D eigenvalue weighted by molar-refractivity contribution is 0.393. The summed E-state index contributed by atoms with van der Waals surface area (Å²) >= 11 is 1.54. The number of nitrogens with one attached hydrogen (secondary N) is 1. The van der Waals surface area contributed by atoms with Crippen LogP contribution in [0.3, 0.4) is 0 Å². The van der Waals surface area contributed by atoms with Crippen molar-refractivity contribution in [2.24, 2.45) is 5.73 Å². The highest BCUT2D eigenvalue weighted by molar-refractivity contribution is 7.91. The van der Waals surface area contributed by atoms with Gasteiger partial charge in [-0.15, -0.1) is 11.3 Å². The Hall–Kier alpha value is -0.500. The van der Waals surface area contributed by atoms with E-state index in [1.807, 2.05) is 19.2 Å². The van der Waals surface area contributed by atoms with Gasteiger partial charge in [0.1, 0.15) is 5.01 Å². The fraction of sp³-hybridized carbons (Fsp3) is 0.727. The average Bonchev–Trinajstić information content (AvgIpc) is 2.81. The summed E-state index contributed by atoms with van der Waals surface area (Å²) in [4.78, 5) is 4.42. The van der Waals surface area contributed by atoms with E-state index in [-0.39, 0.29) is 23.1 Å². The zero-order valence-electron chi connectivity index (χ0n) is 10.6. The number of thiazole rings is 1. The van der Waals surface area contributed by atoms with Crippen molar-refractivity contribution in [1.82, 2.24) is 10.3 Å². The minimum Gasteiger partial charge on any atom is -0.322 e. The van der Waals surface area contributed by atoms with E-state index in [9.17, 15) is 8.42 Å². The Labute approximate surface area is 112 Å². The van der Waals surface area contributed by atoms with Crippen molar-refractivity contribution in [3.8, 4) is 0 Å². The smallest absolute Gasteiger partial charge is 0.152 e. The zero-order chi connectivity index (χ0) is 13.4. The maximum atomic E-state index is 11.5. The molecule has 2 atom stereocenters. The van der Waals surface area contributed by atoms with E-state index >= 15 is 0 Å². The van der Waals surface area contributed by atoms with Gasteiger partial charge in [-0.3, -0.25) is 0 Å². The average molecular weight is 289 g/mol. The van der Waals surface area contributed by atoms with E-state index in [0.717, 1.165) is 10.7 Å².